The molecule has 0 amide bonds. The molecule has 0 rings (SSSR count). The van der Waals surface area contributed by atoms with Gasteiger partial charge in [-0.2, -0.15) is 0 Å². The summed E-state index contributed by atoms with van der Waals surface area (Å²) in [6.07, 6.45) is 29.9. The van der Waals surface area contributed by atoms with Gasteiger partial charge in [0.1, 0.15) is 0 Å². The highest BCUT2D eigenvalue weighted by molar-refractivity contribution is 4.68. The van der Waals surface area contributed by atoms with Gasteiger partial charge in [-0.25, -0.2) is 0 Å². The van der Waals surface area contributed by atoms with Crippen LogP contribution in [0.25, 0.3) is 0 Å². The molecule has 0 saturated carbocycles. The molecular formula is C26H55N. The summed E-state index contributed by atoms with van der Waals surface area (Å²) in [5.74, 6) is 0. The largest absolute Gasteiger partial charge is 0.314 e. The molecule has 1 N–H and O–H groups in total. The van der Waals surface area contributed by atoms with Crippen LogP contribution < -0.4 is 5.32 Å². The van der Waals surface area contributed by atoms with Gasteiger partial charge in [-0.3, -0.25) is 0 Å². The average Bonchev–Trinajstić information content (AvgIpc) is 2.68. The molecule has 0 aliphatic heterocycles. The second-order valence-corrected chi connectivity index (χ2v) is 8.89. The van der Waals surface area contributed by atoms with E-state index in [1.807, 2.05) is 0 Å². The van der Waals surface area contributed by atoms with Crippen LogP contribution in [0.3, 0.4) is 0 Å². The Morgan fingerprint density at radius 3 is 1.15 bits per heavy atom. The van der Waals surface area contributed by atoms with Gasteiger partial charge in [-0.15, -0.1) is 0 Å². The molecule has 0 aromatic rings. The predicted octanol–water partition coefficient (Wildman–Crippen LogP) is 9.20. The van der Waals surface area contributed by atoms with Crippen molar-refractivity contribution in [3.05, 3.63) is 0 Å². The first-order valence-corrected chi connectivity index (χ1v) is 13.1. The summed E-state index contributed by atoms with van der Waals surface area (Å²) >= 11 is 0. The van der Waals surface area contributed by atoms with E-state index in [0.29, 0.717) is 0 Å². The Hall–Kier alpha value is -0.0400. The van der Waals surface area contributed by atoms with Crippen LogP contribution in [-0.4, -0.2) is 12.6 Å². The highest BCUT2D eigenvalue weighted by Crippen LogP contribution is 2.15. The lowest BCUT2D eigenvalue weighted by Crippen LogP contribution is -2.30. The van der Waals surface area contributed by atoms with Crippen LogP contribution in [0.2, 0.25) is 0 Å². The van der Waals surface area contributed by atoms with Crippen molar-refractivity contribution >= 4 is 0 Å². The number of rotatable bonds is 23. The van der Waals surface area contributed by atoms with Crippen LogP contribution in [-0.2, 0) is 0 Å². The van der Waals surface area contributed by atoms with Gasteiger partial charge < -0.3 is 5.32 Å². The highest BCUT2D eigenvalue weighted by Gasteiger charge is 2.07. The Kier molecular flexibility index (Phi) is 24.0. The number of unbranched alkanes of at least 4 members (excludes halogenated alkanes) is 16. The van der Waals surface area contributed by atoms with E-state index in [9.17, 15) is 0 Å². The van der Waals surface area contributed by atoms with Crippen molar-refractivity contribution in [3.8, 4) is 0 Å². The van der Waals surface area contributed by atoms with E-state index in [2.05, 4.69) is 26.1 Å². The monoisotopic (exact) mass is 381 g/mol. The van der Waals surface area contributed by atoms with Crippen molar-refractivity contribution < 1.29 is 0 Å². The first-order valence-electron chi connectivity index (χ1n) is 13.1. The lowest BCUT2D eigenvalue weighted by molar-refractivity contribution is 0.405. The normalized spacial score (nSPS) is 12.6. The Morgan fingerprint density at radius 2 is 0.741 bits per heavy atom. The molecule has 1 nitrogen and oxygen atoms in total. The lowest BCUT2D eigenvalue weighted by Gasteiger charge is -2.19. The van der Waals surface area contributed by atoms with Gasteiger partial charge in [0.25, 0.3) is 0 Å². The lowest BCUT2D eigenvalue weighted by atomic mass is 9.99. The molecular weight excluding hydrogens is 326 g/mol. The number of hydrogen-bond donors (Lipinski definition) is 1. The average molecular weight is 382 g/mol. The topological polar surface area (TPSA) is 12.0 Å². The molecule has 0 heterocycles. The molecule has 1 atom stereocenters. The maximum Gasteiger partial charge on any atom is 0.00670 e. The van der Waals surface area contributed by atoms with Crippen LogP contribution in [0, 0.1) is 0 Å². The van der Waals surface area contributed by atoms with Crippen molar-refractivity contribution in [3.63, 3.8) is 0 Å². The Morgan fingerprint density at radius 1 is 0.407 bits per heavy atom. The van der Waals surface area contributed by atoms with Gasteiger partial charge >= 0.3 is 0 Å². The third kappa shape index (κ3) is 22.1. The van der Waals surface area contributed by atoms with Crippen molar-refractivity contribution in [1.29, 1.82) is 0 Å². The summed E-state index contributed by atoms with van der Waals surface area (Å²) < 4.78 is 0. The van der Waals surface area contributed by atoms with Gasteiger partial charge in [0.15, 0.2) is 0 Å². The summed E-state index contributed by atoms with van der Waals surface area (Å²) in [6, 6.07) is 0.794. The van der Waals surface area contributed by atoms with Crippen molar-refractivity contribution in [2.24, 2.45) is 0 Å². The Labute approximate surface area is 173 Å². The second kappa shape index (κ2) is 24.0. The van der Waals surface area contributed by atoms with E-state index >= 15 is 0 Å². The summed E-state index contributed by atoms with van der Waals surface area (Å²) in [6.45, 7) is 8.17. The van der Waals surface area contributed by atoms with E-state index in [0.717, 1.165) is 6.04 Å². The van der Waals surface area contributed by atoms with Gasteiger partial charge in [-0.1, -0.05) is 136 Å². The van der Waals surface area contributed by atoms with Crippen LogP contribution in [0.5, 0.6) is 0 Å². The summed E-state index contributed by atoms with van der Waals surface area (Å²) in [7, 11) is 0. The fourth-order valence-corrected chi connectivity index (χ4v) is 4.08. The van der Waals surface area contributed by atoms with Crippen LogP contribution >= 0.6 is 0 Å². The molecule has 0 aromatic carbocycles. The Balaban J connectivity index is 3.78. The molecule has 1 unspecified atom stereocenters. The van der Waals surface area contributed by atoms with Crippen molar-refractivity contribution in [2.45, 2.75) is 162 Å². The number of nitrogens with one attached hydrogen (secondary N) is 1. The minimum absolute atomic E-state index is 0.794. The summed E-state index contributed by atoms with van der Waals surface area (Å²) in [4.78, 5) is 0. The van der Waals surface area contributed by atoms with E-state index in [1.54, 1.807) is 0 Å². The second-order valence-electron chi connectivity index (χ2n) is 8.89. The third-order valence-corrected chi connectivity index (χ3v) is 6.03. The van der Waals surface area contributed by atoms with Crippen LogP contribution in [0.1, 0.15) is 156 Å². The molecule has 1 heteroatoms. The zero-order valence-electron chi connectivity index (χ0n) is 19.6. The van der Waals surface area contributed by atoms with Crippen molar-refractivity contribution in [1.82, 2.24) is 5.32 Å². The minimum atomic E-state index is 0.794. The summed E-state index contributed by atoms with van der Waals surface area (Å²) in [5.41, 5.74) is 0. The smallest absolute Gasteiger partial charge is 0.00670 e. The molecule has 0 radical (unpaired) electrons. The molecule has 0 saturated heterocycles. The summed E-state index contributed by atoms with van der Waals surface area (Å²) in [5, 5.41) is 3.92. The molecule has 27 heavy (non-hydrogen) atoms. The molecule has 0 aromatic heterocycles. The molecule has 164 valence electrons. The van der Waals surface area contributed by atoms with E-state index in [-0.39, 0.29) is 0 Å². The maximum absolute atomic E-state index is 3.92. The highest BCUT2D eigenvalue weighted by atomic mass is 14.9. The van der Waals surface area contributed by atoms with Gasteiger partial charge in [-0.05, 0) is 25.8 Å². The van der Waals surface area contributed by atoms with Gasteiger partial charge in [0.05, 0.1) is 0 Å². The fourth-order valence-electron chi connectivity index (χ4n) is 4.08. The minimum Gasteiger partial charge on any atom is -0.314 e. The third-order valence-electron chi connectivity index (χ3n) is 6.03. The van der Waals surface area contributed by atoms with E-state index in [4.69, 9.17) is 0 Å². The standard InChI is InChI=1S/C26H55N/c1-4-7-10-13-16-18-21-24-26(23-20-17-14-11-8-5-2)27-25-22-19-15-12-9-6-3/h26-27H,4-25H2,1-3H3. The zero-order valence-corrected chi connectivity index (χ0v) is 19.6. The molecule has 0 aliphatic carbocycles. The van der Waals surface area contributed by atoms with Crippen LogP contribution in [0.15, 0.2) is 0 Å². The van der Waals surface area contributed by atoms with Gasteiger partial charge in [0.2, 0.25) is 0 Å². The van der Waals surface area contributed by atoms with E-state index < -0.39 is 0 Å². The molecule has 0 bridgehead atoms. The SMILES string of the molecule is CCCCCCCCCC(CCCCCCCC)NCCCCCCCC. The number of hydrogen-bond acceptors (Lipinski definition) is 1. The van der Waals surface area contributed by atoms with Gasteiger partial charge in [0, 0.05) is 6.04 Å². The molecule has 0 fully saturated rings. The quantitative estimate of drug-likeness (QED) is 0.174. The van der Waals surface area contributed by atoms with Crippen molar-refractivity contribution in [2.75, 3.05) is 6.54 Å². The maximum atomic E-state index is 3.92. The van der Waals surface area contributed by atoms with Crippen LogP contribution in [0.4, 0.5) is 0 Å². The Bertz CT molecular complexity index is 233. The first kappa shape index (κ1) is 27.0. The zero-order chi connectivity index (χ0) is 19.8. The molecule has 0 spiro atoms. The predicted molar refractivity (Wildman–Crippen MR) is 126 cm³/mol. The fraction of sp³-hybridized carbons (Fsp3) is 1.00. The van der Waals surface area contributed by atoms with E-state index in [1.165, 1.54) is 141 Å². The first-order chi connectivity index (χ1) is 13.3. The molecule has 0 aliphatic rings.